The summed E-state index contributed by atoms with van der Waals surface area (Å²) in [6.45, 7) is 2.67. The third-order valence-electron chi connectivity index (χ3n) is 6.06. The minimum atomic E-state index is -0.124. The van der Waals surface area contributed by atoms with E-state index in [2.05, 4.69) is 25.9 Å². The first-order valence-corrected chi connectivity index (χ1v) is 11.2. The maximum Gasteiger partial charge on any atom is 0.241 e. The maximum absolute atomic E-state index is 11.7. The molecule has 4 heterocycles. The number of nitrogens with zero attached hydrogens (tertiary/aromatic N) is 4. The van der Waals surface area contributed by atoms with Crippen molar-refractivity contribution in [1.82, 2.24) is 24.8 Å². The van der Waals surface area contributed by atoms with Crippen LogP contribution >= 0.6 is 11.3 Å². The fourth-order valence-corrected chi connectivity index (χ4v) is 4.85. The molecule has 4 aromatic rings. The van der Waals surface area contributed by atoms with Gasteiger partial charge >= 0.3 is 0 Å². The van der Waals surface area contributed by atoms with Gasteiger partial charge in [0.1, 0.15) is 11.6 Å². The molecule has 3 aromatic heterocycles. The molecule has 0 radical (unpaired) electrons. The van der Waals surface area contributed by atoms with Crippen LogP contribution < -0.4 is 10.1 Å². The molecule has 2 aliphatic rings. The van der Waals surface area contributed by atoms with Crippen molar-refractivity contribution in [3.63, 3.8) is 0 Å². The van der Waals surface area contributed by atoms with Crippen LogP contribution in [0.3, 0.4) is 0 Å². The fourth-order valence-electron chi connectivity index (χ4n) is 4.13. The Morgan fingerprint density at radius 3 is 2.93 bits per heavy atom. The maximum atomic E-state index is 11.7. The Labute approximate surface area is 177 Å². The van der Waals surface area contributed by atoms with E-state index < -0.39 is 0 Å². The van der Waals surface area contributed by atoms with Gasteiger partial charge in [0.15, 0.2) is 0 Å². The average molecular weight is 420 g/mol. The molecule has 6 rings (SSSR count). The molecule has 1 saturated heterocycles. The molecule has 2 fully saturated rings. The molecular weight excluding hydrogens is 398 g/mol. The number of hydrogen-bond acceptors (Lipinski definition) is 6. The van der Waals surface area contributed by atoms with Gasteiger partial charge in [-0.15, -0.1) is 11.3 Å². The lowest BCUT2D eigenvalue weighted by molar-refractivity contribution is -0.119. The topological polar surface area (TPSA) is 81.9 Å². The summed E-state index contributed by atoms with van der Waals surface area (Å²) in [6.07, 6.45) is 4.59. The van der Waals surface area contributed by atoms with Gasteiger partial charge in [0.25, 0.3) is 0 Å². The van der Waals surface area contributed by atoms with E-state index in [1.807, 2.05) is 37.0 Å². The highest BCUT2D eigenvalue weighted by molar-refractivity contribution is 7.16. The van der Waals surface area contributed by atoms with Crippen molar-refractivity contribution in [2.24, 2.45) is 5.92 Å². The minimum Gasteiger partial charge on any atom is -0.473 e. The van der Waals surface area contributed by atoms with E-state index in [4.69, 9.17) is 9.72 Å². The van der Waals surface area contributed by atoms with Crippen LogP contribution in [0, 0.1) is 5.92 Å². The first-order valence-electron chi connectivity index (χ1n) is 10.3. The normalized spacial score (nSPS) is 20.0. The van der Waals surface area contributed by atoms with Crippen molar-refractivity contribution in [2.75, 3.05) is 6.54 Å². The average Bonchev–Trinajstić information content (AvgIpc) is 3.14. The number of carbonyl (C=O) groups excluding carboxylic acids is 1. The van der Waals surface area contributed by atoms with Crippen LogP contribution in [-0.2, 0) is 4.79 Å². The van der Waals surface area contributed by atoms with E-state index in [1.54, 1.807) is 11.3 Å². The van der Waals surface area contributed by atoms with Gasteiger partial charge in [-0.05, 0) is 38.0 Å². The zero-order chi connectivity index (χ0) is 20.2. The SMILES string of the molecule is CC(Oc1nc(-c2ccc3ncsc3c2)cc2ncn(C3CC3)c12)C1CNC(=O)C1. The summed E-state index contributed by atoms with van der Waals surface area (Å²) in [4.78, 5) is 25.6. The number of carbonyl (C=O) groups is 1. The molecule has 7 nitrogen and oxygen atoms in total. The Morgan fingerprint density at radius 1 is 1.23 bits per heavy atom. The quantitative estimate of drug-likeness (QED) is 0.530. The molecule has 1 N–H and O–H groups in total. The van der Waals surface area contributed by atoms with E-state index in [1.165, 1.54) is 0 Å². The number of nitrogens with one attached hydrogen (secondary N) is 1. The third-order valence-corrected chi connectivity index (χ3v) is 6.85. The Balaban J connectivity index is 1.44. The lowest BCUT2D eigenvalue weighted by atomic mass is 10.0. The van der Waals surface area contributed by atoms with Crippen LogP contribution in [0.25, 0.3) is 32.5 Å². The number of thiazole rings is 1. The second kappa shape index (κ2) is 6.77. The predicted octanol–water partition coefficient (Wildman–Crippen LogP) is 3.95. The van der Waals surface area contributed by atoms with Crippen molar-refractivity contribution < 1.29 is 9.53 Å². The molecule has 30 heavy (non-hydrogen) atoms. The summed E-state index contributed by atoms with van der Waals surface area (Å²) >= 11 is 1.62. The van der Waals surface area contributed by atoms with Crippen molar-refractivity contribution >= 4 is 38.5 Å². The van der Waals surface area contributed by atoms with Gasteiger partial charge < -0.3 is 14.6 Å². The molecular formula is C22H21N5O2S. The van der Waals surface area contributed by atoms with Crippen molar-refractivity contribution in [2.45, 2.75) is 38.3 Å². The number of amides is 1. The van der Waals surface area contributed by atoms with Gasteiger partial charge in [-0.2, -0.15) is 0 Å². The van der Waals surface area contributed by atoms with Crippen molar-refractivity contribution in [3.05, 3.63) is 36.1 Å². The lowest BCUT2D eigenvalue weighted by Crippen LogP contribution is -2.26. The first kappa shape index (κ1) is 17.8. The molecule has 1 aromatic carbocycles. The van der Waals surface area contributed by atoms with Gasteiger partial charge in [-0.1, -0.05) is 6.07 Å². The largest absolute Gasteiger partial charge is 0.473 e. The molecule has 1 amide bonds. The Bertz CT molecular complexity index is 1280. The Morgan fingerprint density at radius 2 is 2.13 bits per heavy atom. The summed E-state index contributed by atoms with van der Waals surface area (Å²) in [6, 6.07) is 8.69. The van der Waals surface area contributed by atoms with Crippen molar-refractivity contribution in [1.29, 1.82) is 0 Å². The molecule has 0 bridgehead atoms. The summed E-state index contributed by atoms with van der Waals surface area (Å²) in [7, 11) is 0. The second-order valence-corrected chi connectivity index (χ2v) is 9.08. The summed E-state index contributed by atoms with van der Waals surface area (Å²) < 4.78 is 9.72. The predicted molar refractivity (Wildman–Crippen MR) is 116 cm³/mol. The number of fused-ring (bicyclic) bond motifs is 2. The first-order chi connectivity index (χ1) is 14.7. The molecule has 0 spiro atoms. The van der Waals surface area contributed by atoms with Crippen LogP contribution in [-0.4, -0.2) is 38.1 Å². The number of benzene rings is 1. The molecule has 1 saturated carbocycles. The number of rotatable bonds is 5. The van der Waals surface area contributed by atoms with Crippen LogP contribution in [0.5, 0.6) is 5.88 Å². The van der Waals surface area contributed by atoms with E-state index in [9.17, 15) is 4.79 Å². The van der Waals surface area contributed by atoms with Gasteiger partial charge in [-0.25, -0.2) is 15.0 Å². The van der Waals surface area contributed by atoms with Gasteiger partial charge in [0.05, 0.1) is 33.3 Å². The smallest absolute Gasteiger partial charge is 0.241 e. The molecule has 8 heteroatoms. The number of aromatic nitrogens is 4. The lowest BCUT2D eigenvalue weighted by Gasteiger charge is -2.20. The van der Waals surface area contributed by atoms with Gasteiger partial charge in [-0.3, -0.25) is 4.79 Å². The summed E-state index contributed by atoms with van der Waals surface area (Å²) in [5, 5.41) is 2.90. The Hall–Kier alpha value is -3.00. The van der Waals surface area contributed by atoms with Crippen molar-refractivity contribution in [3.8, 4) is 17.1 Å². The number of pyridine rings is 1. The fraction of sp³-hybridized carbons (Fsp3) is 0.364. The van der Waals surface area contributed by atoms with E-state index in [0.29, 0.717) is 24.9 Å². The summed E-state index contributed by atoms with van der Waals surface area (Å²) in [5.74, 6) is 0.829. The highest BCUT2D eigenvalue weighted by Crippen LogP contribution is 2.40. The highest BCUT2D eigenvalue weighted by Gasteiger charge is 2.31. The number of ether oxygens (including phenoxy) is 1. The molecule has 152 valence electrons. The zero-order valence-electron chi connectivity index (χ0n) is 16.5. The van der Waals surface area contributed by atoms with Crippen LogP contribution in [0.4, 0.5) is 0 Å². The van der Waals surface area contributed by atoms with Crippen LogP contribution in [0.15, 0.2) is 36.1 Å². The van der Waals surface area contributed by atoms with Gasteiger partial charge in [0.2, 0.25) is 11.8 Å². The van der Waals surface area contributed by atoms with Gasteiger partial charge in [0, 0.05) is 30.5 Å². The minimum absolute atomic E-state index is 0.0863. The van der Waals surface area contributed by atoms with E-state index >= 15 is 0 Å². The number of imidazole rings is 1. The molecule has 2 atom stereocenters. The number of hydrogen-bond donors (Lipinski definition) is 1. The van der Waals surface area contributed by atoms with Crippen LogP contribution in [0.2, 0.25) is 0 Å². The standard InChI is InChI=1S/C22H21N5O2S/c1-12(14-7-20(28)23-9-14)29-22-21-18(24-10-27(21)15-3-4-15)8-17(26-22)13-2-5-16-19(6-13)30-11-25-16/h2,5-6,8,10-12,14-15H,3-4,7,9H2,1H3,(H,23,28). The summed E-state index contributed by atoms with van der Waals surface area (Å²) in [5.41, 5.74) is 6.54. The second-order valence-electron chi connectivity index (χ2n) is 8.19. The van der Waals surface area contributed by atoms with E-state index in [0.717, 1.165) is 45.3 Å². The molecule has 1 aliphatic carbocycles. The highest BCUT2D eigenvalue weighted by atomic mass is 32.1. The molecule has 1 aliphatic heterocycles. The third kappa shape index (κ3) is 3.02. The Kier molecular flexibility index (Phi) is 4.02. The van der Waals surface area contributed by atoms with E-state index in [-0.39, 0.29) is 17.9 Å². The molecule has 2 unspecified atom stereocenters. The zero-order valence-corrected chi connectivity index (χ0v) is 17.4. The van der Waals surface area contributed by atoms with Crippen LogP contribution in [0.1, 0.15) is 32.2 Å². The monoisotopic (exact) mass is 419 g/mol.